The van der Waals surface area contributed by atoms with Crippen molar-refractivity contribution in [2.45, 2.75) is 111 Å². The highest BCUT2D eigenvalue weighted by atomic mass is 16.7. The van der Waals surface area contributed by atoms with E-state index in [9.17, 15) is 0 Å². The molecule has 0 heterocycles. The molecule has 1 atom stereocenters. The molecule has 0 aromatic rings. The summed E-state index contributed by atoms with van der Waals surface area (Å²) < 4.78 is 12.2. The fourth-order valence-electron chi connectivity index (χ4n) is 2.69. The topological polar surface area (TPSA) is 18.5 Å². The van der Waals surface area contributed by atoms with E-state index in [4.69, 9.17) is 9.47 Å². The fraction of sp³-hybridized carbons (Fsp3) is 1.00. The van der Waals surface area contributed by atoms with Gasteiger partial charge in [0.1, 0.15) is 0 Å². The molecule has 0 aliphatic heterocycles. The van der Waals surface area contributed by atoms with Crippen molar-refractivity contribution in [2.75, 3.05) is 0 Å². The Balaban J connectivity index is 4.16. The lowest BCUT2D eigenvalue weighted by atomic mass is 9.94. The van der Waals surface area contributed by atoms with Gasteiger partial charge in [-0.25, -0.2) is 0 Å². The number of ether oxygens (including phenoxy) is 2. The van der Waals surface area contributed by atoms with E-state index < -0.39 is 5.79 Å². The summed E-state index contributed by atoms with van der Waals surface area (Å²) in [7, 11) is 0. The van der Waals surface area contributed by atoms with Crippen LogP contribution in [-0.4, -0.2) is 18.0 Å². The molecule has 0 rings (SSSR count). The van der Waals surface area contributed by atoms with Crippen molar-refractivity contribution in [3.05, 3.63) is 0 Å². The first-order chi connectivity index (χ1) is 9.31. The third kappa shape index (κ3) is 8.97. The summed E-state index contributed by atoms with van der Waals surface area (Å²) in [5.74, 6) is -0.0235. The summed E-state index contributed by atoms with van der Waals surface area (Å²) in [6, 6.07) is 0. The summed E-state index contributed by atoms with van der Waals surface area (Å²) in [6.45, 7) is 15.0. The van der Waals surface area contributed by atoms with Gasteiger partial charge in [-0.3, -0.25) is 0 Å². The zero-order valence-corrected chi connectivity index (χ0v) is 15.0. The zero-order chi connectivity index (χ0) is 15.6. The molecule has 0 amide bonds. The molecule has 2 heteroatoms. The van der Waals surface area contributed by atoms with Gasteiger partial charge in [0.05, 0.1) is 12.2 Å². The van der Waals surface area contributed by atoms with Gasteiger partial charge < -0.3 is 9.47 Å². The van der Waals surface area contributed by atoms with Gasteiger partial charge in [-0.1, -0.05) is 52.4 Å². The number of hydrogen-bond donors (Lipinski definition) is 0. The Morgan fingerprint density at radius 1 is 0.750 bits per heavy atom. The summed E-state index contributed by atoms with van der Waals surface area (Å²) in [5.41, 5.74) is 0. The van der Waals surface area contributed by atoms with E-state index >= 15 is 0 Å². The van der Waals surface area contributed by atoms with E-state index in [0.717, 1.165) is 0 Å². The first-order valence-corrected chi connectivity index (χ1v) is 8.67. The van der Waals surface area contributed by atoms with Crippen LogP contribution < -0.4 is 0 Å². The third-order valence-corrected chi connectivity index (χ3v) is 3.83. The van der Waals surface area contributed by atoms with Gasteiger partial charge in [0, 0.05) is 5.92 Å². The maximum Gasteiger partial charge on any atom is 0.168 e. The Morgan fingerprint density at radius 3 is 1.65 bits per heavy atom. The molecule has 0 bridgehead atoms. The molecule has 1 unspecified atom stereocenters. The molecular formula is C18H38O2. The Hall–Kier alpha value is -0.0800. The lowest BCUT2D eigenvalue weighted by Gasteiger charge is -2.38. The van der Waals surface area contributed by atoms with Crippen LogP contribution in [0.15, 0.2) is 0 Å². The van der Waals surface area contributed by atoms with Crippen LogP contribution in [0.25, 0.3) is 0 Å². The predicted octanol–water partition coefficient (Wildman–Crippen LogP) is 5.94. The van der Waals surface area contributed by atoms with E-state index in [2.05, 4.69) is 48.5 Å². The van der Waals surface area contributed by atoms with Gasteiger partial charge in [-0.15, -0.1) is 0 Å². The van der Waals surface area contributed by atoms with Gasteiger partial charge in [0.15, 0.2) is 5.79 Å². The Morgan fingerprint density at radius 2 is 1.20 bits per heavy atom. The number of unbranched alkanes of at least 4 members (excludes halogenated alkanes) is 5. The zero-order valence-electron chi connectivity index (χ0n) is 15.0. The van der Waals surface area contributed by atoms with Crippen LogP contribution in [0.3, 0.4) is 0 Å². The van der Waals surface area contributed by atoms with Gasteiger partial charge in [0.25, 0.3) is 0 Å². The van der Waals surface area contributed by atoms with E-state index in [0.29, 0.717) is 5.92 Å². The lowest BCUT2D eigenvalue weighted by Crippen LogP contribution is -2.43. The summed E-state index contributed by atoms with van der Waals surface area (Å²) in [5, 5.41) is 0. The Bertz CT molecular complexity index is 213. The van der Waals surface area contributed by atoms with Crippen LogP contribution in [0.2, 0.25) is 0 Å². The van der Waals surface area contributed by atoms with E-state index in [1.807, 2.05) is 0 Å². The average Bonchev–Trinajstić information content (AvgIpc) is 2.31. The SMILES string of the molecule is CCCCCCCCC(C)C(C)(OC(C)C)OC(C)C. The third-order valence-electron chi connectivity index (χ3n) is 3.83. The van der Waals surface area contributed by atoms with Crippen molar-refractivity contribution in [1.29, 1.82) is 0 Å². The highest BCUT2D eigenvalue weighted by molar-refractivity contribution is 4.74. The lowest BCUT2D eigenvalue weighted by molar-refractivity contribution is -0.283. The summed E-state index contributed by atoms with van der Waals surface area (Å²) in [6.07, 6.45) is 9.64. The van der Waals surface area contributed by atoms with Crippen LogP contribution in [0.1, 0.15) is 93.4 Å². The molecule has 122 valence electrons. The molecule has 20 heavy (non-hydrogen) atoms. The Labute approximate surface area is 127 Å². The standard InChI is InChI=1S/C18H38O2/c1-8-9-10-11-12-13-14-17(6)18(7,19-15(2)3)20-16(4)5/h15-17H,8-14H2,1-7H3. The molecule has 0 aliphatic carbocycles. The smallest absolute Gasteiger partial charge is 0.168 e. The molecule has 0 saturated carbocycles. The largest absolute Gasteiger partial charge is 0.347 e. The monoisotopic (exact) mass is 286 g/mol. The van der Waals surface area contributed by atoms with Crippen molar-refractivity contribution in [2.24, 2.45) is 5.92 Å². The molecule has 0 aromatic carbocycles. The summed E-state index contributed by atoms with van der Waals surface area (Å²) in [4.78, 5) is 0. The molecule has 0 radical (unpaired) electrons. The van der Waals surface area contributed by atoms with Crippen LogP contribution >= 0.6 is 0 Å². The normalized spacial score (nSPS) is 14.2. The van der Waals surface area contributed by atoms with Crippen molar-refractivity contribution < 1.29 is 9.47 Å². The maximum atomic E-state index is 6.08. The van der Waals surface area contributed by atoms with Crippen molar-refractivity contribution in [1.82, 2.24) is 0 Å². The molecule has 0 fully saturated rings. The van der Waals surface area contributed by atoms with Crippen molar-refractivity contribution in [3.8, 4) is 0 Å². The molecule has 0 N–H and O–H groups in total. The van der Waals surface area contributed by atoms with Crippen molar-refractivity contribution >= 4 is 0 Å². The van der Waals surface area contributed by atoms with Crippen LogP contribution in [-0.2, 0) is 9.47 Å². The molecule has 0 aromatic heterocycles. The average molecular weight is 286 g/mol. The first kappa shape index (κ1) is 19.9. The predicted molar refractivity (Wildman–Crippen MR) is 88.0 cm³/mol. The van der Waals surface area contributed by atoms with Gasteiger partial charge in [0.2, 0.25) is 0 Å². The first-order valence-electron chi connectivity index (χ1n) is 8.67. The second kappa shape index (κ2) is 10.6. The minimum Gasteiger partial charge on any atom is -0.347 e. The van der Waals surface area contributed by atoms with Crippen LogP contribution in [0.5, 0.6) is 0 Å². The number of hydrogen-bond acceptors (Lipinski definition) is 2. The highest BCUT2D eigenvalue weighted by Crippen LogP contribution is 2.30. The summed E-state index contributed by atoms with van der Waals surface area (Å²) >= 11 is 0. The van der Waals surface area contributed by atoms with E-state index in [-0.39, 0.29) is 12.2 Å². The molecule has 0 spiro atoms. The minimum absolute atomic E-state index is 0.200. The van der Waals surface area contributed by atoms with Gasteiger partial charge in [-0.05, 0) is 41.0 Å². The fourth-order valence-corrected chi connectivity index (χ4v) is 2.69. The number of rotatable bonds is 12. The Kier molecular flexibility index (Phi) is 10.6. The highest BCUT2D eigenvalue weighted by Gasteiger charge is 2.34. The van der Waals surface area contributed by atoms with E-state index in [1.165, 1.54) is 44.9 Å². The maximum absolute atomic E-state index is 6.08. The quantitative estimate of drug-likeness (QED) is 0.326. The van der Waals surface area contributed by atoms with Gasteiger partial charge >= 0.3 is 0 Å². The molecular weight excluding hydrogens is 248 g/mol. The second-order valence-electron chi connectivity index (χ2n) is 6.81. The van der Waals surface area contributed by atoms with Crippen LogP contribution in [0.4, 0.5) is 0 Å². The van der Waals surface area contributed by atoms with E-state index in [1.54, 1.807) is 0 Å². The van der Waals surface area contributed by atoms with Crippen LogP contribution in [0, 0.1) is 5.92 Å². The second-order valence-corrected chi connectivity index (χ2v) is 6.81. The van der Waals surface area contributed by atoms with Gasteiger partial charge in [-0.2, -0.15) is 0 Å². The molecule has 0 aliphatic rings. The molecule has 2 nitrogen and oxygen atoms in total. The molecule has 0 saturated heterocycles. The minimum atomic E-state index is -0.453. The van der Waals surface area contributed by atoms with Crippen molar-refractivity contribution in [3.63, 3.8) is 0 Å².